The molecule has 0 aliphatic rings. The molecule has 7 heteroatoms. The SMILES string of the molecule is O=C(NS(=O)(=O)c1ccccc1Br)c1cccc(-n2cccc2)c1. The molecule has 0 saturated carbocycles. The summed E-state index contributed by atoms with van der Waals surface area (Å²) < 4.78 is 29.1. The van der Waals surface area contributed by atoms with Crippen molar-refractivity contribution in [1.29, 1.82) is 0 Å². The van der Waals surface area contributed by atoms with E-state index in [0.717, 1.165) is 5.69 Å². The summed E-state index contributed by atoms with van der Waals surface area (Å²) in [6.07, 6.45) is 3.68. The first-order valence-electron chi connectivity index (χ1n) is 7.02. The van der Waals surface area contributed by atoms with E-state index < -0.39 is 15.9 Å². The molecule has 3 aromatic rings. The summed E-state index contributed by atoms with van der Waals surface area (Å²) in [4.78, 5) is 12.4. The number of hydrogen-bond acceptors (Lipinski definition) is 3. The molecule has 1 heterocycles. The number of benzene rings is 2. The number of amides is 1. The number of nitrogens with one attached hydrogen (secondary N) is 1. The highest BCUT2D eigenvalue weighted by Gasteiger charge is 2.21. The number of nitrogens with zero attached hydrogens (tertiary/aromatic N) is 1. The second kappa shape index (κ2) is 6.62. The van der Waals surface area contributed by atoms with Crippen LogP contribution in [0.2, 0.25) is 0 Å². The molecule has 122 valence electrons. The van der Waals surface area contributed by atoms with Gasteiger partial charge in [0.2, 0.25) is 0 Å². The van der Waals surface area contributed by atoms with Gasteiger partial charge < -0.3 is 4.57 Å². The lowest BCUT2D eigenvalue weighted by atomic mass is 10.2. The number of rotatable bonds is 4. The fraction of sp³-hybridized carbons (Fsp3) is 0. The average molecular weight is 405 g/mol. The zero-order chi connectivity index (χ0) is 17.2. The Hall–Kier alpha value is -2.38. The van der Waals surface area contributed by atoms with Crippen LogP contribution in [-0.4, -0.2) is 18.9 Å². The quantitative estimate of drug-likeness (QED) is 0.724. The molecule has 0 radical (unpaired) electrons. The molecule has 0 spiro atoms. The van der Waals surface area contributed by atoms with Gasteiger partial charge in [0.15, 0.2) is 0 Å². The van der Waals surface area contributed by atoms with Crippen molar-refractivity contribution in [2.75, 3.05) is 0 Å². The lowest BCUT2D eigenvalue weighted by Gasteiger charge is -2.10. The monoisotopic (exact) mass is 404 g/mol. The Balaban J connectivity index is 1.88. The minimum Gasteiger partial charge on any atom is -0.324 e. The van der Waals surface area contributed by atoms with Crippen LogP contribution in [-0.2, 0) is 10.0 Å². The van der Waals surface area contributed by atoms with Gasteiger partial charge in [0.1, 0.15) is 4.90 Å². The predicted molar refractivity (Wildman–Crippen MR) is 94.6 cm³/mol. The topological polar surface area (TPSA) is 68.2 Å². The van der Waals surface area contributed by atoms with Crippen molar-refractivity contribution in [3.8, 4) is 5.69 Å². The van der Waals surface area contributed by atoms with Crippen LogP contribution in [0.5, 0.6) is 0 Å². The van der Waals surface area contributed by atoms with Crippen LogP contribution in [0.4, 0.5) is 0 Å². The number of aromatic nitrogens is 1. The first kappa shape index (κ1) is 16.5. The third kappa shape index (κ3) is 3.42. The van der Waals surface area contributed by atoms with Gasteiger partial charge in [0, 0.05) is 28.1 Å². The molecule has 24 heavy (non-hydrogen) atoms. The van der Waals surface area contributed by atoms with E-state index in [9.17, 15) is 13.2 Å². The highest BCUT2D eigenvalue weighted by Crippen LogP contribution is 2.21. The molecule has 1 aromatic heterocycles. The molecule has 0 atom stereocenters. The average Bonchev–Trinajstić information content (AvgIpc) is 3.09. The minimum absolute atomic E-state index is 0.0138. The van der Waals surface area contributed by atoms with Gasteiger partial charge in [-0.3, -0.25) is 4.79 Å². The first-order chi connectivity index (χ1) is 11.5. The van der Waals surface area contributed by atoms with E-state index in [4.69, 9.17) is 0 Å². The summed E-state index contributed by atoms with van der Waals surface area (Å²) >= 11 is 3.18. The van der Waals surface area contributed by atoms with Gasteiger partial charge in [0.05, 0.1) is 0 Å². The molecule has 0 aliphatic carbocycles. The molecule has 0 unspecified atom stereocenters. The Bertz CT molecular complexity index is 983. The van der Waals surface area contributed by atoms with Crippen LogP contribution in [0.25, 0.3) is 5.69 Å². The largest absolute Gasteiger partial charge is 0.324 e. The zero-order valence-electron chi connectivity index (χ0n) is 12.4. The van der Waals surface area contributed by atoms with Crippen molar-refractivity contribution in [2.24, 2.45) is 0 Å². The molecule has 0 saturated heterocycles. The fourth-order valence-corrected chi connectivity index (χ4v) is 4.19. The lowest BCUT2D eigenvalue weighted by molar-refractivity contribution is 0.0981. The van der Waals surface area contributed by atoms with Crippen molar-refractivity contribution in [2.45, 2.75) is 4.90 Å². The van der Waals surface area contributed by atoms with Gasteiger partial charge in [-0.2, -0.15) is 0 Å². The summed E-state index contributed by atoms with van der Waals surface area (Å²) in [6, 6.07) is 16.8. The van der Waals surface area contributed by atoms with Crippen molar-refractivity contribution in [3.05, 3.63) is 83.1 Å². The van der Waals surface area contributed by atoms with E-state index >= 15 is 0 Å². The molecule has 0 fully saturated rings. The first-order valence-corrected chi connectivity index (χ1v) is 9.30. The van der Waals surface area contributed by atoms with Gasteiger partial charge >= 0.3 is 0 Å². The van der Waals surface area contributed by atoms with Crippen molar-refractivity contribution in [1.82, 2.24) is 9.29 Å². The van der Waals surface area contributed by atoms with Crippen LogP contribution in [0.15, 0.2) is 82.4 Å². The number of hydrogen-bond donors (Lipinski definition) is 1. The van der Waals surface area contributed by atoms with E-state index in [1.54, 1.807) is 36.4 Å². The summed E-state index contributed by atoms with van der Waals surface area (Å²) in [7, 11) is -3.96. The van der Waals surface area contributed by atoms with Crippen LogP contribution >= 0.6 is 15.9 Å². The van der Waals surface area contributed by atoms with Gasteiger partial charge in [-0.05, 0) is 58.4 Å². The third-order valence-corrected chi connectivity index (χ3v) is 5.71. The van der Waals surface area contributed by atoms with Crippen LogP contribution in [0, 0.1) is 0 Å². The van der Waals surface area contributed by atoms with Crippen LogP contribution in [0.3, 0.4) is 0 Å². The fourth-order valence-electron chi connectivity index (χ4n) is 2.21. The summed E-state index contributed by atoms with van der Waals surface area (Å²) in [6.45, 7) is 0. The number of halogens is 1. The third-order valence-electron chi connectivity index (χ3n) is 3.36. The van der Waals surface area contributed by atoms with E-state index in [1.807, 2.05) is 35.2 Å². The maximum absolute atomic E-state index is 12.4. The second-order valence-electron chi connectivity index (χ2n) is 5.01. The predicted octanol–water partition coefficient (Wildman–Crippen LogP) is 3.36. The second-order valence-corrected chi connectivity index (χ2v) is 7.51. The zero-order valence-corrected chi connectivity index (χ0v) is 14.8. The van der Waals surface area contributed by atoms with Crippen LogP contribution in [0.1, 0.15) is 10.4 Å². The Labute approximate surface area is 148 Å². The maximum atomic E-state index is 12.4. The summed E-state index contributed by atoms with van der Waals surface area (Å²) in [5.41, 5.74) is 1.03. The Morgan fingerprint density at radius 2 is 1.67 bits per heavy atom. The highest BCUT2D eigenvalue weighted by molar-refractivity contribution is 9.10. The van der Waals surface area contributed by atoms with Gasteiger partial charge in [0.25, 0.3) is 15.9 Å². The van der Waals surface area contributed by atoms with E-state index in [0.29, 0.717) is 4.47 Å². The van der Waals surface area contributed by atoms with Crippen molar-refractivity contribution < 1.29 is 13.2 Å². The number of sulfonamides is 1. The molecule has 1 amide bonds. The van der Waals surface area contributed by atoms with E-state index in [1.165, 1.54) is 6.07 Å². The van der Waals surface area contributed by atoms with Crippen molar-refractivity contribution >= 4 is 31.9 Å². The molecule has 0 aliphatic heterocycles. The van der Waals surface area contributed by atoms with Crippen LogP contribution < -0.4 is 4.72 Å². The number of carbonyl (C=O) groups is 1. The summed E-state index contributed by atoms with van der Waals surface area (Å²) in [5.74, 6) is -0.681. The van der Waals surface area contributed by atoms with E-state index in [2.05, 4.69) is 20.7 Å². The molecule has 2 aromatic carbocycles. The minimum atomic E-state index is -3.96. The summed E-state index contributed by atoms with van der Waals surface area (Å²) in [5, 5.41) is 0. The molecule has 1 N–H and O–H groups in total. The Kier molecular flexibility index (Phi) is 4.55. The van der Waals surface area contributed by atoms with E-state index in [-0.39, 0.29) is 10.5 Å². The standard InChI is InChI=1S/C17H13BrN2O3S/c18-15-8-1-2-9-16(15)24(22,23)19-17(21)13-6-5-7-14(12-13)20-10-3-4-11-20/h1-12H,(H,19,21). The molecule has 5 nitrogen and oxygen atoms in total. The van der Waals surface area contributed by atoms with Gasteiger partial charge in [-0.1, -0.05) is 18.2 Å². The highest BCUT2D eigenvalue weighted by atomic mass is 79.9. The number of carbonyl (C=O) groups excluding carboxylic acids is 1. The smallest absolute Gasteiger partial charge is 0.265 e. The molecule has 3 rings (SSSR count). The molecular formula is C17H13BrN2O3S. The lowest BCUT2D eigenvalue weighted by Crippen LogP contribution is -2.30. The molecule has 0 bridgehead atoms. The van der Waals surface area contributed by atoms with Gasteiger partial charge in [-0.25, -0.2) is 13.1 Å². The van der Waals surface area contributed by atoms with Gasteiger partial charge in [-0.15, -0.1) is 0 Å². The Morgan fingerprint density at radius 3 is 2.38 bits per heavy atom. The molecular weight excluding hydrogens is 392 g/mol. The normalized spacial score (nSPS) is 11.2. The Morgan fingerprint density at radius 1 is 0.958 bits per heavy atom. The van der Waals surface area contributed by atoms with Crippen molar-refractivity contribution in [3.63, 3.8) is 0 Å². The maximum Gasteiger partial charge on any atom is 0.265 e.